The first-order chi connectivity index (χ1) is 7.33. The van der Waals surface area contributed by atoms with Gasteiger partial charge in [-0.05, 0) is 39.2 Å². The fourth-order valence-corrected chi connectivity index (χ4v) is 1.85. The van der Waals surface area contributed by atoms with Crippen LogP contribution in [0.25, 0.3) is 0 Å². The minimum Gasteiger partial charge on any atom is -0.305 e. The van der Waals surface area contributed by atoms with Crippen LogP contribution >= 0.6 is 0 Å². The van der Waals surface area contributed by atoms with E-state index in [0.29, 0.717) is 12.0 Å². The first-order valence-corrected chi connectivity index (χ1v) is 6.18. The molecule has 0 fully saturated rings. The summed E-state index contributed by atoms with van der Waals surface area (Å²) in [5.41, 5.74) is 2.72. The Balaban J connectivity index is 2.85. The topological polar surface area (TPSA) is 12.0 Å². The van der Waals surface area contributed by atoms with Crippen LogP contribution in [0.1, 0.15) is 45.7 Å². The molecule has 0 saturated heterocycles. The Hall–Kier alpha value is -0.820. The summed E-state index contributed by atoms with van der Waals surface area (Å²) >= 11 is 0. The summed E-state index contributed by atoms with van der Waals surface area (Å²) in [5.74, 6) is 0.657. The smallest absolute Gasteiger partial charge is 0.0379 e. The van der Waals surface area contributed by atoms with E-state index < -0.39 is 0 Å². The minimum atomic E-state index is 0.0374. The first kappa shape index (κ1) is 13.2. The van der Waals surface area contributed by atoms with Crippen LogP contribution < -0.4 is 5.32 Å². The molecule has 16 heavy (non-hydrogen) atoms. The summed E-state index contributed by atoms with van der Waals surface area (Å²) in [5, 5.41) is 3.70. The lowest BCUT2D eigenvalue weighted by atomic mass is 9.91. The van der Waals surface area contributed by atoms with Gasteiger partial charge < -0.3 is 5.32 Å². The third-order valence-corrected chi connectivity index (χ3v) is 3.33. The van der Waals surface area contributed by atoms with E-state index in [1.165, 1.54) is 11.1 Å². The number of rotatable bonds is 4. The maximum Gasteiger partial charge on any atom is 0.0379 e. The van der Waals surface area contributed by atoms with E-state index in [4.69, 9.17) is 0 Å². The van der Waals surface area contributed by atoms with Gasteiger partial charge in [-0.1, -0.05) is 43.7 Å². The van der Waals surface area contributed by atoms with Gasteiger partial charge in [0.1, 0.15) is 0 Å². The minimum absolute atomic E-state index is 0.0374. The highest BCUT2D eigenvalue weighted by molar-refractivity contribution is 5.27. The molecule has 0 bridgehead atoms. The monoisotopic (exact) mass is 219 g/mol. The van der Waals surface area contributed by atoms with E-state index in [0.717, 1.165) is 0 Å². The zero-order valence-corrected chi connectivity index (χ0v) is 11.5. The highest BCUT2D eigenvalue weighted by Crippen LogP contribution is 2.22. The van der Waals surface area contributed by atoms with Crippen molar-refractivity contribution >= 4 is 0 Å². The predicted octanol–water partition coefficient (Wildman–Crippen LogP) is 3.86. The zero-order valence-electron chi connectivity index (χ0n) is 11.5. The van der Waals surface area contributed by atoms with Crippen LogP contribution in [0.5, 0.6) is 0 Å². The quantitative estimate of drug-likeness (QED) is 0.810. The largest absolute Gasteiger partial charge is 0.305 e. The molecule has 0 heterocycles. The van der Waals surface area contributed by atoms with Gasteiger partial charge >= 0.3 is 0 Å². The van der Waals surface area contributed by atoms with Gasteiger partial charge in [-0.25, -0.2) is 0 Å². The molecule has 0 aliphatic heterocycles. The van der Waals surface area contributed by atoms with E-state index in [-0.39, 0.29) is 5.54 Å². The molecular formula is C15H25N. The molecule has 0 spiro atoms. The van der Waals surface area contributed by atoms with Crippen LogP contribution in [-0.4, -0.2) is 6.04 Å². The maximum absolute atomic E-state index is 3.70. The number of nitrogens with one attached hydrogen (secondary N) is 1. The summed E-state index contributed by atoms with van der Waals surface area (Å²) in [6.45, 7) is 13.4. The van der Waals surface area contributed by atoms with E-state index in [2.05, 4.69) is 71.1 Å². The Kier molecular flexibility index (Phi) is 4.15. The molecule has 90 valence electrons. The van der Waals surface area contributed by atoms with Gasteiger partial charge in [0.25, 0.3) is 0 Å². The second-order valence-electron chi connectivity index (χ2n) is 5.67. The van der Waals surface area contributed by atoms with Gasteiger partial charge in [-0.2, -0.15) is 0 Å². The van der Waals surface area contributed by atoms with Crippen LogP contribution in [0.3, 0.4) is 0 Å². The number of hydrogen-bond acceptors (Lipinski definition) is 1. The molecule has 0 aromatic heterocycles. The van der Waals surface area contributed by atoms with Crippen molar-refractivity contribution in [2.24, 2.45) is 5.92 Å². The Morgan fingerprint density at radius 1 is 1.12 bits per heavy atom. The molecule has 0 radical (unpaired) electrons. The highest BCUT2D eigenvalue weighted by atomic mass is 15.0. The summed E-state index contributed by atoms with van der Waals surface area (Å²) in [4.78, 5) is 0. The second kappa shape index (κ2) is 5.01. The molecule has 1 N–H and O–H groups in total. The molecule has 0 aliphatic carbocycles. The lowest BCUT2D eigenvalue weighted by Crippen LogP contribution is -2.44. The average molecular weight is 219 g/mol. The van der Waals surface area contributed by atoms with E-state index in [1.54, 1.807) is 0 Å². The predicted molar refractivity (Wildman–Crippen MR) is 71.6 cm³/mol. The third kappa shape index (κ3) is 3.34. The highest BCUT2D eigenvalue weighted by Gasteiger charge is 2.23. The lowest BCUT2D eigenvalue weighted by Gasteiger charge is -2.33. The zero-order chi connectivity index (χ0) is 12.3. The molecule has 1 atom stereocenters. The van der Waals surface area contributed by atoms with Gasteiger partial charge in [0.05, 0.1) is 0 Å². The van der Waals surface area contributed by atoms with Gasteiger partial charge in [0.15, 0.2) is 0 Å². The van der Waals surface area contributed by atoms with Crippen LogP contribution in [-0.2, 0) is 5.54 Å². The van der Waals surface area contributed by atoms with E-state index >= 15 is 0 Å². The van der Waals surface area contributed by atoms with Crippen molar-refractivity contribution in [2.75, 3.05) is 0 Å². The fourth-order valence-electron chi connectivity index (χ4n) is 1.85. The van der Waals surface area contributed by atoms with Gasteiger partial charge in [-0.15, -0.1) is 0 Å². The van der Waals surface area contributed by atoms with Crippen LogP contribution in [0.4, 0.5) is 0 Å². The van der Waals surface area contributed by atoms with Gasteiger partial charge in [-0.3, -0.25) is 0 Å². The molecular weight excluding hydrogens is 194 g/mol. The number of benzene rings is 1. The Labute approximate surface area is 100 Å². The molecule has 1 aromatic carbocycles. The van der Waals surface area contributed by atoms with Crippen molar-refractivity contribution in [3.8, 4) is 0 Å². The maximum atomic E-state index is 3.70. The van der Waals surface area contributed by atoms with Crippen molar-refractivity contribution in [2.45, 2.75) is 53.1 Å². The summed E-state index contributed by atoms with van der Waals surface area (Å²) < 4.78 is 0. The SMILES string of the molecule is Cc1cccc(C(C)(C)NC(C)C(C)C)c1. The number of aryl methyl sites for hydroxylation is 1. The van der Waals surface area contributed by atoms with Crippen molar-refractivity contribution < 1.29 is 0 Å². The summed E-state index contributed by atoms with van der Waals surface area (Å²) in [6.07, 6.45) is 0. The van der Waals surface area contributed by atoms with E-state index in [9.17, 15) is 0 Å². The lowest BCUT2D eigenvalue weighted by molar-refractivity contribution is 0.305. The molecule has 1 nitrogen and oxygen atoms in total. The molecule has 1 aromatic rings. The summed E-state index contributed by atoms with van der Waals surface area (Å²) in [7, 11) is 0. The third-order valence-electron chi connectivity index (χ3n) is 3.33. The molecule has 0 amide bonds. The molecule has 0 saturated carbocycles. The normalized spacial score (nSPS) is 14.2. The average Bonchev–Trinajstić information content (AvgIpc) is 2.17. The molecule has 1 rings (SSSR count). The Bertz CT molecular complexity index is 339. The standard InChI is InChI=1S/C15H25N/c1-11(2)13(4)16-15(5,6)14-9-7-8-12(3)10-14/h7-11,13,16H,1-6H3. The summed E-state index contributed by atoms with van der Waals surface area (Å²) in [6, 6.07) is 9.27. The van der Waals surface area contributed by atoms with Gasteiger partial charge in [0, 0.05) is 11.6 Å². The number of hydrogen-bond donors (Lipinski definition) is 1. The molecule has 0 aliphatic rings. The molecule has 1 unspecified atom stereocenters. The second-order valence-corrected chi connectivity index (χ2v) is 5.67. The van der Waals surface area contributed by atoms with Crippen LogP contribution in [0, 0.1) is 12.8 Å². The van der Waals surface area contributed by atoms with Crippen LogP contribution in [0.15, 0.2) is 24.3 Å². The van der Waals surface area contributed by atoms with Crippen molar-refractivity contribution in [1.82, 2.24) is 5.32 Å². The Morgan fingerprint density at radius 2 is 1.75 bits per heavy atom. The van der Waals surface area contributed by atoms with E-state index in [1.807, 2.05) is 0 Å². The van der Waals surface area contributed by atoms with Crippen molar-refractivity contribution in [1.29, 1.82) is 0 Å². The first-order valence-electron chi connectivity index (χ1n) is 6.18. The van der Waals surface area contributed by atoms with Crippen LogP contribution in [0.2, 0.25) is 0 Å². The fraction of sp³-hybridized carbons (Fsp3) is 0.600. The van der Waals surface area contributed by atoms with Crippen molar-refractivity contribution in [3.05, 3.63) is 35.4 Å². The Morgan fingerprint density at radius 3 is 2.25 bits per heavy atom. The van der Waals surface area contributed by atoms with Gasteiger partial charge in [0.2, 0.25) is 0 Å². The molecule has 1 heteroatoms. The van der Waals surface area contributed by atoms with Crippen molar-refractivity contribution in [3.63, 3.8) is 0 Å².